The molecule has 2 N–H and O–H groups in total. The van der Waals surface area contributed by atoms with Gasteiger partial charge in [0.15, 0.2) is 0 Å². The molecule has 82 valence electrons. The highest BCUT2D eigenvalue weighted by atomic mass is 16.1. The van der Waals surface area contributed by atoms with Gasteiger partial charge in [-0.05, 0) is 24.7 Å². The number of nitrogens with zero attached hydrogens (tertiary/aromatic N) is 1. The Morgan fingerprint density at radius 1 is 1.07 bits per heavy atom. The second kappa shape index (κ2) is 3.32. The molecule has 2 saturated carbocycles. The van der Waals surface area contributed by atoms with Crippen molar-refractivity contribution in [1.29, 1.82) is 0 Å². The summed E-state index contributed by atoms with van der Waals surface area (Å²) in [6, 6.07) is 0. The van der Waals surface area contributed by atoms with Gasteiger partial charge in [-0.25, -0.2) is 4.99 Å². The van der Waals surface area contributed by atoms with Crippen molar-refractivity contribution in [2.45, 2.75) is 38.5 Å². The summed E-state index contributed by atoms with van der Waals surface area (Å²) in [4.78, 5) is 15.8. The van der Waals surface area contributed by atoms with Crippen LogP contribution in [0.1, 0.15) is 38.5 Å². The Balaban J connectivity index is 1.99. The summed E-state index contributed by atoms with van der Waals surface area (Å²) < 4.78 is 0. The molecule has 0 aromatic heterocycles. The minimum absolute atomic E-state index is 0.0698. The van der Waals surface area contributed by atoms with Crippen LogP contribution in [0.3, 0.4) is 0 Å². The maximum absolute atomic E-state index is 11.8. The number of aliphatic imine (C=N–C) groups is 1. The Morgan fingerprint density at radius 3 is 2.47 bits per heavy atom. The molecule has 0 aromatic rings. The highest BCUT2D eigenvalue weighted by Gasteiger charge is 2.47. The SMILES string of the molecule is NC1=NC(=O)C2CCCC3CCCC1C32. The molecule has 1 heterocycles. The van der Waals surface area contributed by atoms with E-state index in [0.717, 1.165) is 18.8 Å². The number of amidine groups is 1. The van der Waals surface area contributed by atoms with Crippen molar-refractivity contribution >= 4 is 11.7 Å². The molecule has 3 aliphatic rings. The first-order valence-electron chi connectivity index (χ1n) is 6.15. The number of carbonyl (C=O) groups excluding carboxylic acids is 1. The van der Waals surface area contributed by atoms with Gasteiger partial charge >= 0.3 is 0 Å². The van der Waals surface area contributed by atoms with E-state index in [1.807, 2.05) is 0 Å². The molecule has 4 atom stereocenters. The van der Waals surface area contributed by atoms with Gasteiger partial charge in [-0.2, -0.15) is 0 Å². The van der Waals surface area contributed by atoms with Gasteiger partial charge in [0.1, 0.15) is 5.84 Å². The lowest BCUT2D eigenvalue weighted by Crippen LogP contribution is -2.49. The fourth-order valence-corrected chi connectivity index (χ4v) is 3.98. The van der Waals surface area contributed by atoms with Crippen LogP contribution in [0, 0.1) is 23.7 Å². The van der Waals surface area contributed by atoms with Gasteiger partial charge < -0.3 is 5.73 Å². The number of carbonyl (C=O) groups is 1. The largest absolute Gasteiger partial charge is 0.387 e. The molecule has 1 amide bonds. The second-order valence-corrected chi connectivity index (χ2v) is 5.29. The van der Waals surface area contributed by atoms with E-state index in [1.165, 1.54) is 25.7 Å². The normalized spacial score (nSPS) is 44.5. The van der Waals surface area contributed by atoms with Crippen molar-refractivity contribution in [3.05, 3.63) is 0 Å². The van der Waals surface area contributed by atoms with Gasteiger partial charge in [0.2, 0.25) is 0 Å². The lowest BCUT2D eigenvalue weighted by molar-refractivity contribution is -0.128. The second-order valence-electron chi connectivity index (χ2n) is 5.29. The number of rotatable bonds is 0. The van der Waals surface area contributed by atoms with Crippen molar-refractivity contribution in [2.75, 3.05) is 0 Å². The number of nitrogens with two attached hydrogens (primary N) is 1. The predicted octanol–water partition coefficient (Wildman–Crippen LogP) is 1.72. The Labute approximate surface area is 90.1 Å². The monoisotopic (exact) mass is 206 g/mol. The zero-order chi connectivity index (χ0) is 10.4. The third-order valence-corrected chi connectivity index (χ3v) is 4.59. The van der Waals surface area contributed by atoms with Crippen LogP contribution in [0.15, 0.2) is 4.99 Å². The minimum Gasteiger partial charge on any atom is -0.387 e. The molecule has 4 unspecified atom stereocenters. The van der Waals surface area contributed by atoms with Gasteiger partial charge in [0.25, 0.3) is 5.91 Å². The Hall–Kier alpha value is -0.860. The maximum Gasteiger partial charge on any atom is 0.250 e. The molecular formula is C12H18N2O. The van der Waals surface area contributed by atoms with E-state index < -0.39 is 0 Å². The quantitative estimate of drug-likeness (QED) is 0.656. The summed E-state index contributed by atoms with van der Waals surface area (Å²) in [7, 11) is 0. The van der Waals surface area contributed by atoms with E-state index in [4.69, 9.17) is 5.73 Å². The average Bonchev–Trinajstić information content (AvgIpc) is 2.25. The summed E-state index contributed by atoms with van der Waals surface area (Å²) in [5.74, 6) is 2.62. The molecular weight excluding hydrogens is 188 g/mol. The van der Waals surface area contributed by atoms with Crippen LogP contribution in [0.2, 0.25) is 0 Å². The lowest BCUT2D eigenvalue weighted by atomic mass is 9.59. The molecule has 0 saturated heterocycles. The van der Waals surface area contributed by atoms with E-state index in [1.54, 1.807) is 0 Å². The van der Waals surface area contributed by atoms with E-state index in [9.17, 15) is 4.79 Å². The zero-order valence-corrected chi connectivity index (χ0v) is 8.98. The Morgan fingerprint density at radius 2 is 1.73 bits per heavy atom. The number of hydrogen-bond donors (Lipinski definition) is 1. The van der Waals surface area contributed by atoms with Gasteiger partial charge in [0, 0.05) is 11.8 Å². The van der Waals surface area contributed by atoms with E-state index in [2.05, 4.69) is 4.99 Å². The van der Waals surface area contributed by atoms with Gasteiger partial charge in [-0.1, -0.05) is 25.7 Å². The van der Waals surface area contributed by atoms with Crippen LogP contribution < -0.4 is 5.73 Å². The summed E-state index contributed by atoms with van der Waals surface area (Å²) in [5, 5.41) is 0. The van der Waals surface area contributed by atoms with Crippen molar-refractivity contribution in [3.8, 4) is 0 Å². The van der Waals surface area contributed by atoms with Crippen molar-refractivity contribution in [3.63, 3.8) is 0 Å². The smallest absolute Gasteiger partial charge is 0.250 e. The standard InChI is InChI=1S/C12H18N2O/c13-11-8-5-1-3-7-4-2-6-9(10(7)8)12(15)14-11/h7-10H,1-6H2,(H2,13,14,15). The summed E-state index contributed by atoms with van der Waals surface area (Å²) >= 11 is 0. The van der Waals surface area contributed by atoms with Crippen molar-refractivity contribution < 1.29 is 4.79 Å². The van der Waals surface area contributed by atoms with Crippen molar-refractivity contribution in [2.24, 2.45) is 34.4 Å². The third-order valence-electron chi connectivity index (χ3n) is 4.59. The predicted molar refractivity (Wildman–Crippen MR) is 58.3 cm³/mol. The Kier molecular flexibility index (Phi) is 2.08. The maximum atomic E-state index is 11.8. The molecule has 0 bridgehead atoms. The summed E-state index contributed by atoms with van der Waals surface area (Å²) in [6.45, 7) is 0. The lowest BCUT2D eigenvalue weighted by Gasteiger charge is -2.46. The highest BCUT2D eigenvalue weighted by molar-refractivity contribution is 5.98. The fourth-order valence-electron chi connectivity index (χ4n) is 3.98. The van der Waals surface area contributed by atoms with Gasteiger partial charge in [0.05, 0.1) is 0 Å². The topological polar surface area (TPSA) is 55.4 Å². The highest BCUT2D eigenvalue weighted by Crippen LogP contribution is 2.48. The molecule has 2 fully saturated rings. The molecule has 0 radical (unpaired) electrons. The van der Waals surface area contributed by atoms with E-state index in [-0.39, 0.29) is 11.8 Å². The molecule has 0 aromatic carbocycles. The number of amides is 1. The molecule has 3 heteroatoms. The summed E-state index contributed by atoms with van der Waals surface area (Å²) in [5.41, 5.74) is 5.91. The Bertz CT molecular complexity index is 322. The minimum atomic E-state index is 0.0698. The van der Waals surface area contributed by atoms with Crippen molar-refractivity contribution in [1.82, 2.24) is 0 Å². The van der Waals surface area contributed by atoms with Crippen LogP contribution >= 0.6 is 0 Å². The van der Waals surface area contributed by atoms with Gasteiger partial charge in [-0.15, -0.1) is 0 Å². The first-order chi connectivity index (χ1) is 7.27. The molecule has 1 aliphatic heterocycles. The van der Waals surface area contributed by atoms with Crippen LogP contribution in [0.4, 0.5) is 0 Å². The fraction of sp³-hybridized carbons (Fsp3) is 0.833. The van der Waals surface area contributed by atoms with Crippen LogP contribution in [-0.4, -0.2) is 11.7 Å². The van der Waals surface area contributed by atoms with E-state index >= 15 is 0 Å². The first-order valence-corrected chi connectivity index (χ1v) is 6.15. The van der Waals surface area contributed by atoms with Gasteiger partial charge in [-0.3, -0.25) is 4.79 Å². The number of hydrogen-bond acceptors (Lipinski definition) is 2. The molecule has 3 nitrogen and oxygen atoms in total. The van der Waals surface area contributed by atoms with Crippen LogP contribution in [0.25, 0.3) is 0 Å². The molecule has 0 spiro atoms. The van der Waals surface area contributed by atoms with Crippen LogP contribution in [-0.2, 0) is 4.79 Å². The summed E-state index contributed by atoms with van der Waals surface area (Å²) in [6.07, 6.45) is 7.28. The molecule has 15 heavy (non-hydrogen) atoms. The average molecular weight is 206 g/mol. The van der Waals surface area contributed by atoms with E-state index in [0.29, 0.717) is 17.7 Å². The molecule has 3 rings (SSSR count). The molecule has 2 aliphatic carbocycles. The van der Waals surface area contributed by atoms with Crippen LogP contribution in [0.5, 0.6) is 0 Å². The third kappa shape index (κ3) is 1.32. The first kappa shape index (κ1) is 9.37. The zero-order valence-electron chi connectivity index (χ0n) is 8.98.